The Morgan fingerprint density at radius 1 is 1.17 bits per heavy atom. The first-order valence-electron chi connectivity index (χ1n) is 19.2. The molecular formula is C38H56N8O5S. The molecular weight excluding hydrogens is 681 g/mol. The summed E-state index contributed by atoms with van der Waals surface area (Å²) in [5, 5.41) is 15.3. The summed E-state index contributed by atoms with van der Waals surface area (Å²) in [7, 11) is 0. The number of carbonyl (C=O) groups excluding carboxylic acids is 3. The SMILES string of the molecule is C=C[C@]1(C)C[C@@H](OC(=O)CSC2CCN(C(=O)CCn3cnc4c(N5CCNCC5)nc(N)nc43)C2)[C@]2(C)[C@H](C)CC[C@]3(CCC(=O)[C@@H]32)[C@@H](C)[C@@H]1O. The molecule has 1 unspecified atom stereocenters. The van der Waals surface area contributed by atoms with Crippen molar-refractivity contribution in [3.05, 3.63) is 19.0 Å². The molecule has 3 aliphatic carbocycles. The first kappa shape index (κ1) is 37.1. The third kappa shape index (κ3) is 6.29. The van der Waals surface area contributed by atoms with E-state index < -0.39 is 23.0 Å². The van der Waals surface area contributed by atoms with E-state index in [0.29, 0.717) is 50.1 Å². The number of aliphatic hydroxyl groups excluding tert-OH is 1. The summed E-state index contributed by atoms with van der Waals surface area (Å²) < 4.78 is 8.31. The van der Waals surface area contributed by atoms with Gasteiger partial charge in [-0.3, -0.25) is 14.4 Å². The Balaban J connectivity index is 0.969. The lowest BCUT2D eigenvalue weighted by Gasteiger charge is -2.61. The number of nitrogens with one attached hydrogen (secondary N) is 1. The highest BCUT2D eigenvalue weighted by Gasteiger charge is 2.68. The van der Waals surface area contributed by atoms with Crippen molar-refractivity contribution >= 4 is 52.4 Å². The average Bonchev–Trinajstić information content (AvgIpc) is 3.88. The number of ketones is 1. The molecule has 0 spiro atoms. The molecule has 2 saturated heterocycles. The Labute approximate surface area is 310 Å². The zero-order chi connectivity index (χ0) is 37.0. The summed E-state index contributed by atoms with van der Waals surface area (Å²) in [6.45, 7) is 17.6. The predicted molar refractivity (Wildman–Crippen MR) is 202 cm³/mol. The van der Waals surface area contributed by atoms with E-state index in [1.54, 1.807) is 6.33 Å². The number of anilines is 2. The normalized spacial score (nSPS) is 36.4. The second kappa shape index (κ2) is 14.2. The van der Waals surface area contributed by atoms with Gasteiger partial charge in [0.05, 0.1) is 18.2 Å². The van der Waals surface area contributed by atoms with Crippen LogP contribution in [-0.4, -0.2) is 110 Å². The lowest BCUT2D eigenvalue weighted by atomic mass is 9.44. The number of likely N-dealkylation sites (tertiary alicyclic amines) is 1. The number of nitrogens with zero attached hydrogens (tertiary/aromatic N) is 6. The number of aryl methyl sites for hydroxylation is 1. The maximum atomic E-state index is 13.7. The van der Waals surface area contributed by atoms with Crippen LogP contribution in [0.4, 0.5) is 11.8 Å². The number of imidazole rings is 1. The number of thioether (sulfide) groups is 1. The zero-order valence-corrected chi connectivity index (χ0v) is 32.0. The highest BCUT2D eigenvalue weighted by atomic mass is 32.2. The molecule has 4 heterocycles. The molecule has 5 aliphatic rings. The van der Waals surface area contributed by atoms with E-state index >= 15 is 0 Å². The fraction of sp³-hybridized carbons (Fsp3) is 0.737. The number of aliphatic hydroxyl groups is 1. The summed E-state index contributed by atoms with van der Waals surface area (Å²) in [4.78, 5) is 58.3. The Morgan fingerprint density at radius 3 is 2.69 bits per heavy atom. The number of piperazine rings is 1. The van der Waals surface area contributed by atoms with Gasteiger partial charge in [-0.1, -0.05) is 33.8 Å². The fourth-order valence-corrected chi connectivity index (χ4v) is 11.5. The van der Waals surface area contributed by atoms with Crippen LogP contribution in [0.15, 0.2) is 19.0 Å². The molecule has 14 heteroatoms. The van der Waals surface area contributed by atoms with Gasteiger partial charge in [0, 0.05) is 80.7 Å². The first-order chi connectivity index (χ1) is 24.8. The molecule has 13 nitrogen and oxygen atoms in total. The second-order valence-electron chi connectivity index (χ2n) is 16.6. The van der Waals surface area contributed by atoms with E-state index in [-0.39, 0.29) is 57.8 Å². The molecule has 4 N–H and O–H groups in total. The minimum absolute atomic E-state index is 0.0480. The van der Waals surface area contributed by atoms with Crippen LogP contribution in [-0.2, 0) is 25.7 Å². The van der Waals surface area contributed by atoms with Crippen LogP contribution in [0.25, 0.3) is 11.2 Å². The van der Waals surface area contributed by atoms with Gasteiger partial charge in [-0.2, -0.15) is 9.97 Å². The molecule has 2 aromatic rings. The van der Waals surface area contributed by atoms with Crippen molar-refractivity contribution < 1.29 is 24.2 Å². The van der Waals surface area contributed by atoms with Gasteiger partial charge >= 0.3 is 5.97 Å². The van der Waals surface area contributed by atoms with E-state index in [1.807, 2.05) is 22.5 Å². The number of hydrogen-bond acceptors (Lipinski definition) is 12. The third-order valence-corrected chi connectivity index (χ3v) is 15.2. The van der Waals surface area contributed by atoms with Gasteiger partial charge in [-0.15, -0.1) is 18.3 Å². The predicted octanol–water partition coefficient (Wildman–Crippen LogP) is 3.45. The van der Waals surface area contributed by atoms with E-state index in [2.05, 4.69) is 52.5 Å². The Hall–Kier alpha value is -3.23. The number of nitrogen functional groups attached to an aromatic ring is 1. The van der Waals surface area contributed by atoms with Gasteiger partial charge in [0.1, 0.15) is 11.9 Å². The number of fused-ring (bicyclic) bond motifs is 1. The summed E-state index contributed by atoms with van der Waals surface area (Å²) in [5.74, 6) is 0.937. The molecule has 3 saturated carbocycles. The average molecular weight is 737 g/mol. The van der Waals surface area contributed by atoms with E-state index in [0.717, 1.165) is 57.7 Å². The Bertz CT molecular complexity index is 1720. The van der Waals surface area contributed by atoms with Crippen LogP contribution in [0.1, 0.15) is 72.6 Å². The highest BCUT2D eigenvalue weighted by molar-refractivity contribution is 8.00. The van der Waals surface area contributed by atoms with Gasteiger partial charge < -0.3 is 35.3 Å². The summed E-state index contributed by atoms with van der Waals surface area (Å²) in [6.07, 6.45) is 6.96. The van der Waals surface area contributed by atoms with Crippen LogP contribution >= 0.6 is 11.8 Å². The van der Waals surface area contributed by atoms with Crippen molar-refractivity contribution in [3.8, 4) is 0 Å². The largest absolute Gasteiger partial charge is 0.461 e. The van der Waals surface area contributed by atoms with Crippen molar-refractivity contribution in [1.82, 2.24) is 29.7 Å². The molecule has 2 aliphatic heterocycles. The van der Waals surface area contributed by atoms with E-state index in [9.17, 15) is 19.5 Å². The number of Topliss-reactive ketones (excluding diaryl/α,β-unsaturated/α-hetero) is 1. The lowest BCUT2D eigenvalue weighted by molar-refractivity contribution is -0.205. The standard InChI is InChI=1S/C38H56N8O5S/c1-6-36(4)19-27(37(5)23(2)7-11-38(24(3)32(36)50)12-8-26(47)31(37)38)51-29(49)21-52-25-9-15-45(20-25)28(48)10-16-46-22-41-30-33(42-35(39)43-34(30)46)44-17-13-40-14-18-44/h6,22-25,27,31-32,40,50H,1,7-21H2,2-5H3,(H2,39,42,43)/t23-,24+,25?,27-,31-,32+,36-,37+,38+/m1/s1. The number of esters is 1. The van der Waals surface area contributed by atoms with Crippen LogP contribution in [0, 0.1) is 34.0 Å². The number of carbonyl (C=O) groups is 3. The summed E-state index contributed by atoms with van der Waals surface area (Å²) in [5.41, 5.74) is 5.90. The molecule has 7 rings (SSSR count). The lowest BCUT2D eigenvalue weighted by Crippen LogP contribution is -2.63. The second-order valence-corrected chi connectivity index (χ2v) is 17.9. The summed E-state index contributed by atoms with van der Waals surface area (Å²) in [6, 6.07) is 0. The first-order valence-corrected chi connectivity index (χ1v) is 20.2. The fourth-order valence-electron chi connectivity index (χ4n) is 10.6. The molecule has 9 atom stereocenters. The van der Waals surface area contributed by atoms with E-state index in [4.69, 9.17) is 10.5 Å². The molecule has 284 valence electrons. The monoisotopic (exact) mass is 736 g/mol. The molecule has 2 aromatic heterocycles. The van der Waals surface area contributed by atoms with Gasteiger partial charge in [-0.05, 0) is 49.4 Å². The van der Waals surface area contributed by atoms with Crippen molar-refractivity contribution in [1.29, 1.82) is 0 Å². The van der Waals surface area contributed by atoms with Crippen LogP contribution in [0.2, 0.25) is 0 Å². The molecule has 0 aromatic carbocycles. The smallest absolute Gasteiger partial charge is 0.316 e. The van der Waals surface area contributed by atoms with Crippen molar-refractivity contribution in [2.45, 2.75) is 96.6 Å². The molecule has 5 fully saturated rings. The number of hydrogen-bond donors (Lipinski definition) is 3. The summed E-state index contributed by atoms with van der Waals surface area (Å²) >= 11 is 1.53. The van der Waals surface area contributed by atoms with Crippen molar-refractivity contribution in [2.24, 2.45) is 34.0 Å². The third-order valence-electron chi connectivity index (χ3n) is 14.0. The Morgan fingerprint density at radius 2 is 1.94 bits per heavy atom. The van der Waals surface area contributed by atoms with E-state index in [1.165, 1.54) is 11.8 Å². The van der Waals surface area contributed by atoms with Gasteiger partial charge in [0.15, 0.2) is 17.0 Å². The number of ether oxygens (including phenoxy) is 1. The maximum absolute atomic E-state index is 13.7. The number of amides is 1. The maximum Gasteiger partial charge on any atom is 0.316 e. The van der Waals surface area contributed by atoms with Gasteiger partial charge in [0.2, 0.25) is 11.9 Å². The van der Waals surface area contributed by atoms with Crippen LogP contribution in [0.5, 0.6) is 0 Å². The highest BCUT2D eigenvalue weighted by Crippen LogP contribution is 2.68. The molecule has 1 amide bonds. The minimum Gasteiger partial charge on any atom is -0.461 e. The topological polar surface area (TPSA) is 169 Å². The number of aromatic nitrogens is 4. The van der Waals surface area contributed by atoms with Gasteiger partial charge in [0.25, 0.3) is 0 Å². The zero-order valence-electron chi connectivity index (χ0n) is 31.2. The molecule has 0 radical (unpaired) electrons. The van der Waals surface area contributed by atoms with Crippen LogP contribution < -0.4 is 16.0 Å². The Kier molecular flexibility index (Phi) is 10.1. The molecule has 2 bridgehead atoms. The quantitative estimate of drug-likeness (QED) is 0.254. The molecule has 52 heavy (non-hydrogen) atoms. The van der Waals surface area contributed by atoms with Gasteiger partial charge in [-0.25, -0.2) is 4.98 Å². The number of nitrogens with two attached hydrogens (primary N) is 1. The number of rotatable bonds is 9. The van der Waals surface area contributed by atoms with Crippen molar-refractivity contribution in [2.75, 3.05) is 55.7 Å². The van der Waals surface area contributed by atoms with Crippen LogP contribution in [0.3, 0.4) is 0 Å². The van der Waals surface area contributed by atoms with Crippen molar-refractivity contribution in [3.63, 3.8) is 0 Å². The minimum atomic E-state index is -0.692.